The number of benzene rings is 1. The summed E-state index contributed by atoms with van der Waals surface area (Å²) in [6, 6.07) is 5.94. The molecule has 1 aromatic carbocycles. The van der Waals surface area contributed by atoms with Crippen LogP contribution in [0.2, 0.25) is 0 Å². The van der Waals surface area contributed by atoms with Crippen LogP contribution in [0.15, 0.2) is 23.0 Å². The van der Waals surface area contributed by atoms with Gasteiger partial charge in [-0.3, -0.25) is 4.57 Å². The van der Waals surface area contributed by atoms with Crippen LogP contribution in [0.4, 0.5) is 0 Å². The van der Waals surface area contributed by atoms with Gasteiger partial charge in [0.1, 0.15) is 0 Å². The smallest absolute Gasteiger partial charge is 0.399 e. The number of hydrogen-bond donors (Lipinski definition) is 1. The number of H-pyrrole nitrogens is 1. The minimum atomic E-state index is -0.417. The Balaban J connectivity index is 2.07. The summed E-state index contributed by atoms with van der Waals surface area (Å²) < 4.78 is 13.9. The van der Waals surface area contributed by atoms with Gasteiger partial charge in [-0.15, -0.1) is 0 Å². The summed E-state index contributed by atoms with van der Waals surface area (Å²) in [6.07, 6.45) is 0. The highest BCUT2D eigenvalue weighted by Gasteiger charge is 2.51. The number of fused-ring (bicyclic) bond motifs is 1. The van der Waals surface area contributed by atoms with Crippen LogP contribution < -0.4 is 11.2 Å². The van der Waals surface area contributed by atoms with Gasteiger partial charge in [0, 0.05) is 6.04 Å². The van der Waals surface area contributed by atoms with Crippen molar-refractivity contribution in [1.82, 2.24) is 9.55 Å². The number of nitrogens with one attached hydrogen (secondary N) is 1. The molecule has 0 spiro atoms. The fraction of sp³-hybridized carbons (Fsp3) is 0.562. The van der Waals surface area contributed by atoms with E-state index < -0.39 is 7.12 Å². The van der Waals surface area contributed by atoms with Crippen LogP contribution in [0.1, 0.15) is 47.6 Å². The minimum absolute atomic E-state index is 0.0870. The monoisotopic (exact) mass is 302 g/mol. The molecule has 2 aromatic rings. The summed E-state index contributed by atoms with van der Waals surface area (Å²) in [5.74, 6) is 0. The molecule has 0 saturated carbocycles. The molecule has 0 aliphatic carbocycles. The predicted molar refractivity (Wildman–Crippen MR) is 88.7 cm³/mol. The van der Waals surface area contributed by atoms with Gasteiger partial charge in [-0.1, -0.05) is 6.07 Å². The summed E-state index contributed by atoms with van der Waals surface area (Å²) in [5, 5.41) is 0. The Hall–Kier alpha value is -1.53. The summed E-state index contributed by atoms with van der Waals surface area (Å²) in [5.41, 5.74) is 1.81. The molecule has 1 N–H and O–H groups in total. The van der Waals surface area contributed by atoms with Crippen molar-refractivity contribution in [2.24, 2.45) is 0 Å². The largest absolute Gasteiger partial charge is 0.494 e. The Morgan fingerprint density at radius 1 is 1.14 bits per heavy atom. The van der Waals surface area contributed by atoms with E-state index in [1.165, 1.54) is 0 Å². The summed E-state index contributed by atoms with van der Waals surface area (Å²) in [7, 11) is -0.417. The van der Waals surface area contributed by atoms with Crippen LogP contribution in [-0.2, 0) is 9.31 Å². The van der Waals surface area contributed by atoms with E-state index in [-0.39, 0.29) is 22.9 Å². The molecule has 0 atom stereocenters. The van der Waals surface area contributed by atoms with Crippen molar-refractivity contribution in [2.45, 2.75) is 58.8 Å². The molecule has 5 nitrogen and oxygen atoms in total. The zero-order chi connectivity index (χ0) is 16.3. The van der Waals surface area contributed by atoms with Crippen LogP contribution in [0, 0.1) is 0 Å². The first-order valence-electron chi connectivity index (χ1n) is 7.72. The average Bonchev–Trinajstić information content (AvgIpc) is 2.81. The second kappa shape index (κ2) is 4.73. The van der Waals surface area contributed by atoms with E-state index in [4.69, 9.17) is 9.31 Å². The normalized spacial score (nSPS) is 20.2. The number of aromatic nitrogens is 2. The summed E-state index contributed by atoms with van der Waals surface area (Å²) in [6.45, 7) is 12.1. The highest BCUT2D eigenvalue weighted by molar-refractivity contribution is 6.62. The molecule has 2 heterocycles. The van der Waals surface area contributed by atoms with E-state index in [1.807, 2.05) is 59.7 Å². The first kappa shape index (κ1) is 15.4. The number of nitrogens with zero attached hydrogens (tertiary/aromatic N) is 1. The van der Waals surface area contributed by atoms with Gasteiger partial charge in [0.25, 0.3) is 0 Å². The van der Waals surface area contributed by atoms with E-state index in [0.717, 1.165) is 16.5 Å². The molecular formula is C16H23BN2O3. The molecule has 0 unspecified atom stereocenters. The molecule has 0 amide bonds. The average molecular weight is 302 g/mol. The molecule has 1 fully saturated rings. The predicted octanol–water partition coefficient (Wildman–Crippen LogP) is 2.21. The highest BCUT2D eigenvalue weighted by Crippen LogP contribution is 2.36. The Bertz CT molecular complexity index is 757. The summed E-state index contributed by atoms with van der Waals surface area (Å²) >= 11 is 0. The van der Waals surface area contributed by atoms with Crippen LogP contribution in [-0.4, -0.2) is 27.9 Å². The fourth-order valence-corrected chi connectivity index (χ4v) is 2.78. The molecule has 0 radical (unpaired) electrons. The van der Waals surface area contributed by atoms with Gasteiger partial charge in [-0.05, 0) is 59.1 Å². The second-order valence-corrected chi connectivity index (χ2v) is 7.26. The quantitative estimate of drug-likeness (QED) is 0.865. The van der Waals surface area contributed by atoms with E-state index in [9.17, 15) is 4.79 Å². The van der Waals surface area contributed by atoms with Crippen LogP contribution in [0.5, 0.6) is 0 Å². The molecule has 3 rings (SSSR count). The number of imidazole rings is 1. The molecule has 22 heavy (non-hydrogen) atoms. The van der Waals surface area contributed by atoms with Crippen molar-refractivity contribution in [3.8, 4) is 0 Å². The fourth-order valence-electron chi connectivity index (χ4n) is 2.78. The third-order valence-corrected chi connectivity index (χ3v) is 4.78. The van der Waals surface area contributed by atoms with E-state index in [1.54, 1.807) is 4.57 Å². The van der Waals surface area contributed by atoms with Crippen molar-refractivity contribution in [2.75, 3.05) is 0 Å². The molecular weight excluding hydrogens is 279 g/mol. The van der Waals surface area contributed by atoms with Gasteiger partial charge in [0.15, 0.2) is 0 Å². The van der Waals surface area contributed by atoms with Crippen LogP contribution in [0.25, 0.3) is 11.0 Å². The molecule has 1 aliphatic rings. The Morgan fingerprint density at radius 3 is 2.27 bits per heavy atom. The van der Waals surface area contributed by atoms with Gasteiger partial charge in [0.2, 0.25) is 0 Å². The number of hydrogen-bond acceptors (Lipinski definition) is 3. The van der Waals surface area contributed by atoms with Crippen molar-refractivity contribution in [1.29, 1.82) is 0 Å². The lowest BCUT2D eigenvalue weighted by Gasteiger charge is -2.32. The van der Waals surface area contributed by atoms with E-state index in [0.29, 0.717) is 0 Å². The topological polar surface area (TPSA) is 56.2 Å². The van der Waals surface area contributed by atoms with Crippen molar-refractivity contribution >= 4 is 23.6 Å². The van der Waals surface area contributed by atoms with Crippen molar-refractivity contribution in [3.05, 3.63) is 28.7 Å². The molecule has 6 heteroatoms. The van der Waals surface area contributed by atoms with Crippen molar-refractivity contribution in [3.63, 3.8) is 0 Å². The molecule has 118 valence electrons. The van der Waals surface area contributed by atoms with Gasteiger partial charge in [0.05, 0.1) is 22.2 Å². The number of aromatic amines is 1. The lowest BCUT2D eigenvalue weighted by molar-refractivity contribution is 0.00578. The van der Waals surface area contributed by atoms with Gasteiger partial charge < -0.3 is 14.3 Å². The van der Waals surface area contributed by atoms with Crippen molar-refractivity contribution < 1.29 is 9.31 Å². The Kier molecular flexibility index (Phi) is 3.31. The van der Waals surface area contributed by atoms with E-state index >= 15 is 0 Å². The molecule has 0 bridgehead atoms. The highest BCUT2D eigenvalue weighted by atomic mass is 16.7. The standard InChI is InChI=1S/C16H23BN2O3/c1-10(2)19-13-9-11(7-8-12(13)18-14(19)20)17-21-15(3,4)16(5,6)22-17/h7-10H,1-6H3,(H,18,20). The lowest BCUT2D eigenvalue weighted by Crippen LogP contribution is -2.41. The molecule has 1 saturated heterocycles. The van der Waals surface area contributed by atoms with Gasteiger partial charge in [-0.25, -0.2) is 4.79 Å². The minimum Gasteiger partial charge on any atom is -0.399 e. The third kappa shape index (κ3) is 2.21. The third-order valence-electron chi connectivity index (χ3n) is 4.78. The van der Waals surface area contributed by atoms with Gasteiger partial charge >= 0.3 is 12.8 Å². The molecule has 1 aliphatic heterocycles. The molecule has 1 aromatic heterocycles. The maximum atomic E-state index is 12.1. The zero-order valence-electron chi connectivity index (χ0n) is 14.1. The van der Waals surface area contributed by atoms with E-state index in [2.05, 4.69) is 4.98 Å². The SMILES string of the molecule is CC(C)n1c(=O)[nH]c2ccc(B3OC(C)(C)C(C)(C)O3)cc21. The number of rotatable bonds is 2. The zero-order valence-corrected chi connectivity index (χ0v) is 14.1. The van der Waals surface area contributed by atoms with Crippen LogP contribution in [0.3, 0.4) is 0 Å². The second-order valence-electron chi connectivity index (χ2n) is 7.26. The maximum absolute atomic E-state index is 12.1. The Morgan fingerprint density at radius 2 is 1.73 bits per heavy atom. The summed E-state index contributed by atoms with van der Waals surface area (Å²) in [4.78, 5) is 14.9. The first-order valence-corrected chi connectivity index (χ1v) is 7.72. The first-order chi connectivity index (χ1) is 10.1. The lowest BCUT2D eigenvalue weighted by atomic mass is 9.79. The maximum Gasteiger partial charge on any atom is 0.494 e. The van der Waals surface area contributed by atoms with Gasteiger partial charge in [-0.2, -0.15) is 0 Å². The Labute approximate surface area is 130 Å². The van der Waals surface area contributed by atoms with Crippen LogP contribution >= 0.6 is 0 Å².